The number of hydrogen-bond acceptors (Lipinski definition) is 5. The van der Waals surface area contributed by atoms with Gasteiger partial charge in [0.25, 0.3) is 0 Å². The number of fused-ring (bicyclic) bond motifs is 2. The summed E-state index contributed by atoms with van der Waals surface area (Å²) in [6.07, 6.45) is 3.61. The van der Waals surface area contributed by atoms with E-state index in [1.165, 1.54) is 6.07 Å². The van der Waals surface area contributed by atoms with Gasteiger partial charge in [-0.3, -0.25) is 4.79 Å². The summed E-state index contributed by atoms with van der Waals surface area (Å²) in [5.74, 6) is -0.152. The molecule has 1 aromatic carbocycles. The highest BCUT2D eigenvalue weighted by Gasteiger charge is 2.46. The molecule has 0 saturated carbocycles. The van der Waals surface area contributed by atoms with Crippen LogP contribution in [0.15, 0.2) is 18.2 Å². The first kappa shape index (κ1) is 22.8. The molecule has 0 unspecified atom stereocenters. The Hall–Kier alpha value is -2.35. The number of ether oxygens (including phenoxy) is 1. The molecule has 0 radical (unpaired) electrons. The zero-order valence-corrected chi connectivity index (χ0v) is 19.5. The lowest BCUT2D eigenvalue weighted by Crippen LogP contribution is -2.52. The SMILES string of the molecule is CCOC(=O)N1CCC(N2CCC3(CC2)CN(CC(=O)N(C)C)c2ccc(F)cc23)CC1. The normalized spacial score (nSPS) is 21.0. The van der Waals surface area contributed by atoms with Crippen LogP contribution in [0.25, 0.3) is 0 Å². The number of likely N-dealkylation sites (N-methyl/N-ethyl adjacent to an activating group) is 1. The van der Waals surface area contributed by atoms with E-state index in [1.54, 1.807) is 30.0 Å². The van der Waals surface area contributed by atoms with Gasteiger partial charge in [0.15, 0.2) is 0 Å². The van der Waals surface area contributed by atoms with Gasteiger partial charge < -0.3 is 24.3 Å². The number of amides is 2. The fourth-order valence-corrected chi connectivity index (χ4v) is 5.56. The number of carbonyl (C=O) groups is 2. The van der Waals surface area contributed by atoms with E-state index in [0.29, 0.717) is 19.2 Å². The van der Waals surface area contributed by atoms with Gasteiger partial charge in [0.2, 0.25) is 5.91 Å². The molecule has 176 valence electrons. The van der Waals surface area contributed by atoms with Crippen LogP contribution in [-0.2, 0) is 14.9 Å². The second-order valence-corrected chi connectivity index (χ2v) is 9.54. The van der Waals surface area contributed by atoms with E-state index in [-0.39, 0.29) is 23.2 Å². The Morgan fingerprint density at radius 3 is 2.47 bits per heavy atom. The second kappa shape index (κ2) is 9.25. The van der Waals surface area contributed by atoms with Gasteiger partial charge in [-0.25, -0.2) is 9.18 Å². The monoisotopic (exact) mass is 446 g/mol. The molecule has 0 atom stereocenters. The molecule has 3 aliphatic heterocycles. The van der Waals surface area contributed by atoms with Crippen molar-refractivity contribution < 1.29 is 18.7 Å². The Labute approximate surface area is 190 Å². The van der Waals surface area contributed by atoms with Gasteiger partial charge in [-0.2, -0.15) is 0 Å². The van der Waals surface area contributed by atoms with E-state index >= 15 is 0 Å². The van der Waals surface area contributed by atoms with E-state index < -0.39 is 0 Å². The molecule has 0 aromatic heterocycles. The van der Waals surface area contributed by atoms with Crippen molar-refractivity contribution in [2.24, 2.45) is 0 Å². The van der Waals surface area contributed by atoms with Crippen LogP contribution in [0.2, 0.25) is 0 Å². The Balaban J connectivity index is 1.41. The Morgan fingerprint density at radius 2 is 1.84 bits per heavy atom. The summed E-state index contributed by atoms with van der Waals surface area (Å²) in [5, 5.41) is 0. The number of carbonyl (C=O) groups excluding carboxylic acids is 2. The smallest absolute Gasteiger partial charge is 0.409 e. The molecule has 1 aromatic rings. The Bertz CT molecular complexity index is 846. The summed E-state index contributed by atoms with van der Waals surface area (Å²) < 4.78 is 19.3. The maximum atomic E-state index is 14.2. The molecule has 2 saturated heterocycles. The van der Waals surface area contributed by atoms with E-state index in [4.69, 9.17) is 4.74 Å². The van der Waals surface area contributed by atoms with Crippen LogP contribution in [0.5, 0.6) is 0 Å². The van der Waals surface area contributed by atoms with Crippen molar-refractivity contribution in [2.75, 3.05) is 64.9 Å². The van der Waals surface area contributed by atoms with E-state index in [2.05, 4.69) is 9.80 Å². The van der Waals surface area contributed by atoms with Crippen LogP contribution in [-0.4, -0.2) is 92.7 Å². The molecule has 2 amide bonds. The molecule has 7 nitrogen and oxygen atoms in total. The molecule has 1 spiro atoms. The predicted molar refractivity (Wildman–Crippen MR) is 121 cm³/mol. The summed E-state index contributed by atoms with van der Waals surface area (Å²) >= 11 is 0. The molecule has 32 heavy (non-hydrogen) atoms. The van der Waals surface area contributed by atoms with Gasteiger partial charge in [-0.1, -0.05) is 0 Å². The number of piperidine rings is 2. The molecule has 0 aliphatic carbocycles. The minimum atomic E-state index is -0.210. The summed E-state index contributed by atoms with van der Waals surface area (Å²) in [7, 11) is 3.54. The Kier molecular flexibility index (Phi) is 6.60. The summed E-state index contributed by atoms with van der Waals surface area (Å²) in [6.45, 7) is 6.71. The van der Waals surface area contributed by atoms with Crippen LogP contribution in [0.4, 0.5) is 14.9 Å². The van der Waals surface area contributed by atoms with Gasteiger partial charge in [-0.05, 0) is 69.5 Å². The van der Waals surface area contributed by atoms with Crippen molar-refractivity contribution in [3.05, 3.63) is 29.6 Å². The minimum Gasteiger partial charge on any atom is -0.450 e. The van der Waals surface area contributed by atoms with E-state index in [1.807, 2.05) is 13.0 Å². The number of likely N-dealkylation sites (tertiary alicyclic amines) is 2. The van der Waals surface area contributed by atoms with Crippen LogP contribution >= 0.6 is 0 Å². The maximum Gasteiger partial charge on any atom is 0.409 e. The molecule has 3 aliphatic rings. The third kappa shape index (κ3) is 4.42. The fourth-order valence-electron chi connectivity index (χ4n) is 5.56. The van der Waals surface area contributed by atoms with Crippen molar-refractivity contribution in [3.8, 4) is 0 Å². The molecule has 3 heterocycles. The molecular weight excluding hydrogens is 411 g/mol. The largest absolute Gasteiger partial charge is 0.450 e. The first-order valence-electron chi connectivity index (χ1n) is 11.7. The molecule has 0 N–H and O–H groups in total. The summed E-state index contributed by atoms with van der Waals surface area (Å²) in [5.41, 5.74) is 1.95. The average Bonchev–Trinajstić information content (AvgIpc) is 3.06. The van der Waals surface area contributed by atoms with Gasteiger partial charge >= 0.3 is 6.09 Å². The summed E-state index contributed by atoms with van der Waals surface area (Å²) in [6, 6.07) is 5.48. The van der Waals surface area contributed by atoms with Crippen molar-refractivity contribution in [3.63, 3.8) is 0 Å². The van der Waals surface area contributed by atoms with Crippen LogP contribution in [0.1, 0.15) is 38.2 Å². The zero-order chi connectivity index (χ0) is 22.9. The van der Waals surface area contributed by atoms with Crippen molar-refractivity contribution >= 4 is 17.7 Å². The standard InChI is InChI=1S/C24H35FN4O3/c1-4-32-23(31)28-11-7-19(8-12-28)27-13-9-24(10-14-27)17-29(16-22(30)26(2)3)21-6-5-18(25)15-20(21)24/h5-6,15,19H,4,7-14,16-17H2,1-3H3. The van der Waals surface area contributed by atoms with Crippen molar-refractivity contribution in [1.29, 1.82) is 0 Å². The number of benzene rings is 1. The van der Waals surface area contributed by atoms with Crippen LogP contribution in [0, 0.1) is 5.82 Å². The second-order valence-electron chi connectivity index (χ2n) is 9.54. The minimum absolute atomic E-state index is 0.0584. The highest BCUT2D eigenvalue weighted by molar-refractivity contribution is 5.82. The molecule has 2 fully saturated rings. The van der Waals surface area contributed by atoms with Gasteiger partial charge in [0, 0.05) is 50.9 Å². The highest BCUT2D eigenvalue weighted by Crippen LogP contribution is 2.47. The number of hydrogen-bond donors (Lipinski definition) is 0. The number of anilines is 1. The predicted octanol–water partition coefficient (Wildman–Crippen LogP) is 2.69. The number of nitrogens with zero attached hydrogens (tertiary/aromatic N) is 4. The Morgan fingerprint density at radius 1 is 1.16 bits per heavy atom. The fraction of sp³-hybridized carbons (Fsp3) is 0.667. The van der Waals surface area contributed by atoms with E-state index in [9.17, 15) is 14.0 Å². The molecular formula is C24H35FN4O3. The molecule has 4 rings (SSSR count). The number of rotatable bonds is 4. The van der Waals surface area contributed by atoms with Gasteiger partial charge in [-0.15, -0.1) is 0 Å². The summed E-state index contributed by atoms with van der Waals surface area (Å²) in [4.78, 5) is 32.4. The third-order valence-electron chi connectivity index (χ3n) is 7.45. The first-order chi connectivity index (χ1) is 15.3. The van der Waals surface area contributed by atoms with Crippen LogP contribution < -0.4 is 4.90 Å². The number of halogens is 1. The maximum absolute atomic E-state index is 14.2. The quantitative estimate of drug-likeness (QED) is 0.712. The zero-order valence-electron chi connectivity index (χ0n) is 19.5. The lowest BCUT2D eigenvalue weighted by Gasteiger charge is -2.45. The third-order valence-corrected chi connectivity index (χ3v) is 7.45. The van der Waals surface area contributed by atoms with Gasteiger partial charge in [0.1, 0.15) is 5.82 Å². The topological polar surface area (TPSA) is 56.3 Å². The van der Waals surface area contributed by atoms with Crippen LogP contribution in [0.3, 0.4) is 0 Å². The average molecular weight is 447 g/mol. The first-order valence-corrected chi connectivity index (χ1v) is 11.7. The molecule has 8 heteroatoms. The van der Waals surface area contributed by atoms with Crippen molar-refractivity contribution in [1.82, 2.24) is 14.7 Å². The molecule has 0 bridgehead atoms. The lowest BCUT2D eigenvalue weighted by molar-refractivity contribution is -0.127. The van der Waals surface area contributed by atoms with Crippen molar-refractivity contribution in [2.45, 2.75) is 44.1 Å². The van der Waals surface area contributed by atoms with E-state index in [0.717, 1.165) is 69.7 Å². The highest BCUT2D eigenvalue weighted by atomic mass is 19.1. The lowest BCUT2D eigenvalue weighted by atomic mass is 9.74. The van der Waals surface area contributed by atoms with Gasteiger partial charge in [0.05, 0.1) is 13.2 Å².